The van der Waals surface area contributed by atoms with Crippen LogP contribution in [-0.4, -0.2) is 21.6 Å². The van der Waals surface area contributed by atoms with Gasteiger partial charge in [0.15, 0.2) is 0 Å². The van der Waals surface area contributed by atoms with E-state index in [0.717, 1.165) is 30.2 Å². The van der Waals surface area contributed by atoms with E-state index in [4.69, 9.17) is 5.11 Å². The fourth-order valence-corrected chi connectivity index (χ4v) is 1.96. The number of aliphatic hydroxyl groups is 1. The second-order valence-electron chi connectivity index (χ2n) is 6.17. The topological polar surface area (TPSA) is 58.0 Å². The zero-order chi connectivity index (χ0) is 15.3. The van der Waals surface area contributed by atoms with Gasteiger partial charge in [-0.25, -0.2) is 9.97 Å². The molecule has 21 heavy (non-hydrogen) atoms. The van der Waals surface area contributed by atoms with E-state index in [1.807, 2.05) is 30.3 Å². The van der Waals surface area contributed by atoms with E-state index in [9.17, 15) is 0 Å². The molecule has 4 heteroatoms. The van der Waals surface area contributed by atoms with Crippen LogP contribution in [-0.2, 0) is 18.4 Å². The van der Waals surface area contributed by atoms with Gasteiger partial charge >= 0.3 is 0 Å². The van der Waals surface area contributed by atoms with Crippen LogP contribution in [0.1, 0.15) is 37.7 Å². The van der Waals surface area contributed by atoms with Crippen LogP contribution >= 0.6 is 0 Å². The minimum Gasteiger partial charge on any atom is -0.392 e. The number of aliphatic hydroxyl groups excluding tert-OH is 1. The van der Waals surface area contributed by atoms with Crippen molar-refractivity contribution >= 4 is 5.82 Å². The monoisotopic (exact) mass is 285 g/mol. The number of hydrogen-bond acceptors (Lipinski definition) is 4. The summed E-state index contributed by atoms with van der Waals surface area (Å²) in [6.07, 6.45) is 2.71. The van der Waals surface area contributed by atoms with Crippen LogP contribution in [0.5, 0.6) is 0 Å². The van der Waals surface area contributed by atoms with E-state index in [-0.39, 0.29) is 12.0 Å². The first-order valence-electron chi connectivity index (χ1n) is 7.25. The normalized spacial score (nSPS) is 11.4. The van der Waals surface area contributed by atoms with Crippen molar-refractivity contribution in [2.24, 2.45) is 0 Å². The van der Waals surface area contributed by atoms with E-state index in [1.54, 1.807) is 6.20 Å². The molecule has 1 heterocycles. The van der Waals surface area contributed by atoms with E-state index >= 15 is 0 Å². The number of nitrogens with zero attached hydrogens (tertiary/aromatic N) is 2. The predicted molar refractivity (Wildman–Crippen MR) is 85.3 cm³/mol. The Morgan fingerprint density at radius 1 is 1.05 bits per heavy atom. The van der Waals surface area contributed by atoms with Gasteiger partial charge in [-0.1, -0.05) is 45.0 Å². The molecule has 2 N–H and O–H groups in total. The van der Waals surface area contributed by atoms with Crippen molar-refractivity contribution < 1.29 is 5.11 Å². The van der Waals surface area contributed by atoms with Crippen molar-refractivity contribution in [1.82, 2.24) is 9.97 Å². The highest BCUT2D eigenvalue weighted by molar-refractivity contribution is 5.34. The molecule has 0 aliphatic rings. The summed E-state index contributed by atoms with van der Waals surface area (Å²) < 4.78 is 0. The molecular formula is C17H23N3O. The number of benzene rings is 1. The standard InChI is InChI=1S/C17H23N3O/c1-17(2,3)16-19-11-9-15(20-16)18-10-8-13-4-6-14(12-21)7-5-13/h4-7,9,11,21H,8,10,12H2,1-3H3,(H,18,19,20). The van der Waals surface area contributed by atoms with Crippen LogP contribution in [0.2, 0.25) is 0 Å². The summed E-state index contributed by atoms with van der Waals surface area (Å²) in [6.45, 7) is 7.23. The maximum Gasteiger partial charge on any atom is 0.135 e. The summed E-state index contributed by atoms with van der Waals surface area (Å²) in [6, 6.07) is 9.90. The second kappa shape index (κ2) is 6.68. The highest BCUT2D eigenvalue weighted by atomic mass is 16.3. The highest BCUT2D eigenvalue weighted by Crippen LogP contribution is 2.18. The Morgan fingerprint density at radius 3 is 2.33 bits per heavy atom. The minimum absolute atomic E-state index is 0.0438. The summed E-state index contributed by atoms with van der Waals surface area (Å²) in [5.41, 5.74) is 2.14. The molecule has 0 aliphatic heterocycles. The fourth-order valence-electron chi connectivity index (χ4n) is 1.96. The molecular weight excluding hydrogens is 262 g/mol. The van der Waals surface area contributed by atoms with Crippen molar-refractivity contribution in [1.29, 1.82) is 0 Å². The van der Waals surface area contributed by atoms with E-state index in [0.29, 0.717) is 0 Å². The van der Waals surface area contributed by atoms with Crippen molar-refractivity contribution in [3.63, 3.8) is 0 Å². The molecule has 2 aromatic rings. The summed E-state index contributed by atoms with van der Waals surface area (Å²) >= 11 is 0. The predicted octanol–water partition coefficient (Wildman–Crippen LogP) is 2.92. The number of nitrogens with one attached hydrogen (secondary N) is 1. The average molecular weight is 285 g/mol. The Bertz CT molecular complexity index is 573. The lowest BCUT2D eigenvalue weighted by molar-refractivity contribution is 0.282. The lowest BCUT2D eigenvalue weighted by Gasteiger charge is -2.17. The van der Waals surface area contributed by atoms with Gasteiger partial charge in [0.1, 0.15) is 11.6 Å². The Labute approximate surface area is 126 Å². The van der Waals surface area contributed by atoms with Crippen molar-refractivity contribution in [3.8, 4) is 0 Å². The van der Waals surface area contributed by atoms with Crippen molar-refractivity contribution in [2.75, 3.05) is 11.9 Å². The number of anilines is 1. The van der Waals surface area contributed by atoms with Crippen LogP contribution in [0, 0.1) is 0 Å². The van der Waals surface area contributed by atoms with Crippen LogP contribution < -0.4 is 5.32 Å². The molecule has 0 bridgehead atoms. The van der Waals surface area contributed by atoms with Gasteiger partial charge in [-0.3, -0.25) is 0 Å². The van der Waals surface area contributed by atoms with Crippen LogP contribution in [0.4, 0.5) is 5.82 Å². The van der Waals surface area contributed by atoms with Gasteiger partial charge in [0.2, 0.25) is 0 Å². The third-order valence-corrected chi connectivity index (χ3v) is 3.25. The SMILES string of the molecule is CC(C)(C)c1nccc(NCCc2ccc(CO)cc2)n1. The van der Waals surface area contributed by atoms with Crippen LogP contribution in [0.25, 0.3) is 0 Å². The Morgan fingerprint density at radius 2 is 1.71 bits per heavy atom. The largest absolute Gasteiger partial charge is 0.392 e. The lowest BCUT2D eigenvalue weighted by Crippen LogP contribution is -2.17. The van der Waals surface area contributed by atoms with E-state index in [2.05, 4.69) is 36.1 Å². The average Bonchev–Trinajstić information content (AvgIpc) is 2.47. The molecule has 0 atom stereocenters. The molecule has 0 saturated carbocycles. The van der Waals surface area contributed by atoms with Gasteiger partial charge < -0.3 is 10.4 Å². The highest BCUT2D eigenvalue weighted by Gasteiger charge is 2.17. The van der Waals surface area contributed by atoms with Gasteiger partial charge in [-0.05, 0) is 23.6 Å². The van der Waals surface area contributed by atoms with E-state index < -0.39 is 0 Å². The molecule has 112 valence electrons. The first-order valence-corrected chi connectivity index (χ1v) is 7.25. The molecule has 2 rings (SSSR count). The van der Waals surface area contributed by atoms with Crippen molar-refractivity contribution in [3.05, 3.63) is 53.5 Å². The maximum absolute atomic E-state index is 9.02. The quantitative estimate of drug-likeness (QED) is 0.887. The maximum atomic E-state index is 9.02. The molecule has 4 nitrogen and oxygen atoms in total. The zero-order valence-electron chi connectivity index (χ0n) is 12.9. The summed E-state index contributed by atoms with van der Waals surface area (Å²) in [4.78, 5) is 8.87. The minimum atomic E-state index is -0.0438. The van der Waals surface area contributed by atoms with Gasteiger partial charge in [-0.2, -0.15) is 0 Å². The molecule has 0 spiro atoms. The third kappa shape index (κ3) is 4.53. The van der Waals surface area contributed by atoms with Gasteiger partial charge in [0.25, 0.3) is 0 Å². The first-order chi connectivity index (χ1) is 9.99. The van der Waals surface area contributed by atoms with Gasteiger partial charge in [0.05, 0.1) is 6.61 Å². The number of aromatic nitrogens is 2. The smallest absolute Gasteiger partial charge is 0.135 e. The molecule has 0 amide bonds. The molecule has 0 radical (unpaired) electrons. The number of rotatable bonds is 5. The summed E-state index contributed by atoms with van der Waals surface area (Å²) in [5, 5.41) is 12.4. The Balaban J connectivity index is 1.91. The molecule has 1 aromatic heterocycles. The Kier molecular flexibility index (Phi) is 4.91. The number of hydrogen-bond donors (Lipinski definition) is 2. The van der Waals surface area contributed by atoms with Gasteiger partial charge in [0, 0.05) is 18.2 Å². The van der Waals surface area contributed by atoms with E-state index in [1.165, 1.54) is 5.56 Å². The molecule has 0 unspecified atom stereocenters. The molecule has 1 aromatic carbocycles. The Hall–Kier alpha value is -1.94. The summed E-state index contributed by atoms with van der Waals surface area (Å²) in [5.74, 6) is 1.71. The molecule has 0 saturated heterocycles. The fraction of sp³-hybridized carbons (Fsp3) is 0.412. The molecule has 0 fully saturated rings. The lowest BCUT2D eigenvalue weighted by atomic mass is 9.96. The summed E-state index contributed by atoms with van der Waals surface area (Å²) in [7, 11) is 0. The second-order valence-corrected chi connectivity index (χ2v) is 6.17. The van der Waals surface area contributed by atoms with Gasteiger partial charge in [-0.15, -0.1) is 0 Å². The zero-order valence-corrected chi connectivity index (χ0v) is 12.9. The van der Waals surface area contributed by atoms with Crippen molar-refractivity contribution in [2.45, 2.75) is 39.2 Å². The first kappa shape index (κ1) is 15.4. The third-order valence-electron chi connectivity index (χ3n) is 3.25. The molecule has 0 aliphatic carbocycles. The van der Waals surface area contributed by atoms with Crippen LogP contribution in [0.15, 0.2) is 36.5 Å². The van der Waals surface area contributed by atoms with Crippen LogP contribution in [0.3, 0.4) is 0 Å².